The Kier molecular flexibility index (Phi) is 5.41. The monoisotopic (exact) mass is 452 g/mol. The van der Waals surface area contributed by atoms with E-state index in [1.165, 1.54) is 24.5 Å². The lowest BCUT2D eigenvalue weighted by atomic mass is 10.1. The second-order valence-electron chi connectivity index (χ2n) is 6.48. The molecule has 0 aliphatic heterocycles. The van der Waals surface area contributed by atoms with Crippen molar-refractivity contribution in [3.63, 3.8) is 0 Å². The Labute approximate surface area is 176 Å². The summed E-state index contributed by atoms with van der Waals surface area (Å²) < 4.78 is 77.9. The maximum Gasteiger partial charge on any atom is 0.200 e. The van der Waals surface area contributed by atoms with Crippen molar-refractivity contribution in [3.8, 4) is 16.9 Å². The first-order valence-electron chi connectivity index (χ1n) is 8.72. The van der Waals surface area contributed by atoms with Gasteiger partial charge in [0.05, 0.1) is 16.5 Å². The molecule has 0 saturated carbocycles. The summed E-state index contributed by atoms with van der Waals surface area (Å²) >= 11 is 5.85. The molecule has 0 aliphatic rings. The van der Waals surface area contributed by atoms with Crippen LogP contribution in [0, 0.1) is 29.1 Å². The first kappa shape index (κ1) is 20.9. The quantitative estimate of drug-likeness (QED) is 0.205. The molecule has 0 bridgehead atoms. The van der Waals surface area contributed by atoms with Crippen molar-refractivity contribution in [2.45, 2.75) is 6.61 Å². The van der Waals surface area contributed by atoms with Gasteiger partial charge >= 0.3 is 0 Å². The number of halogens is 6. The van der Waals surface area contributed by atoms with Crippen LogP contribution in [0.5, 0.6) is 5.75 Å². The minimum absolute atomic E-state index is 0.00108. The maximum absolute atomic E-state index is 13.8. The van der Waals surface area contributed by atoms with E-state index in [9.17, 15) is 26.7 Å². The van der Waals surface area contributed by atoms with Gasteiger partial charge in [0, 0.05) is 11.1 Å². The molecule has 0 N–H and O–H groups in total. The van der Waals surface area contributed by atoms with Crippen molar-refractivity contribution in [1.82, 2.24) is 0 Å². The van der Waals surface area contributed by atoms with E-state index in [1.807, 2.05) is 0 Å². The SMILES string of the molecule is O=c1c(-c2ccc(Cl)cc2)coc2cc(OCc3c(F)c(F)c(F)c(F)c3F)ccc12. The Balaban J connectivity index is 1.65. The van der Waals surface area contributed by atoms with Gasteiger partial charge in [-0.1, -0.05) is 23.7 Å². The van der Waals surface area contributed by atoms with Crippen LogP contribution in [0.25, 0.3) is 22.1 Å². The summed E-state index contributed by atoms with van der Waals surface area (Å²) in [6, 6.07) is 10.5. The maximum atomic E-state index is 13.8. The van der Waals surface area contributed by atoms with E-state index >= 15 is 0 Å². The van der Waals surface area contributed by atoms with Crippen LogP contribution in [-0.4, -0.2) is 0 Å². The number of hydrogen-bond acceptors (Lipinski definition) is 3. The third-order valence-electron chi connectivity index (χ3n) is 4.59. The van der Waals surface area contributed by atoms with Gasteiger partial charge in [-0.2, -0.15) is 0 Å². The van der Waals surface area contributed by atoms with Gasteiger partial charge in [-0.3, -0.25) is 4.79 Å². The Morgan fingerprint density at radius 3 is 2.10 bits per heavy atom. The van der Waals surface area contributed by atoms with Crippen LogP contribution < -0.4 is 10.2 Å². The lowest BCUT2D eigenvalue weighted by molar-refractivity contribution is 0.279. The lowest BCUT2D eigenvalue weighted by Gasteiger charge is -2.10. The first-order chi connectivity index (χ1) is 14.8. The summed E-state index contributed by atoms with van der Waals surface area (Å²) in [7, 11) is 0. The van der Waals surface area contributed by atoms with E-state index in [4.69, 9.17) is 20.8 Å². The van der Waals surface area contributed by atoms with Crippen molar-refractivity contribution in [3.05, 3.63) is 98.6 Å². The van der Waals surface area contributed by atoms with Crippen molar-refractivity contribution < 1.29 is 31.1 Å². The Hall–Kier alpha value is -3.39. The molecule has 158 valence electrons. The van der Waals surface area contributed by atoms with Crippen molar-refractivity contribution in [2.24, 2.45) is 0 Å². The summed E-state index contributed by atoms with van der Waals surface area (Å²) in [5.41, 5.74) is -0.463. The van der Waals surface area contributed by atoms with Crippen LogP contribution >= 0.6 is 11.6 Å². The third-order valence-corrected chi connectivity index (χ3v) is 4.84. The molecule has 9 heteroatoms. The molecule has 0 aliphatic carbocycles. The zero-order valence-electron chi connectivity index (χ0n) is 15.3. The zero-order chi connectivity index (χ0) is 22.3. The average Bonchev–Trinajstić information content (AvgIpc) is 2.77. The largest absolute Gasteiger partial charge is 0.489 e. The van der Waals surface area contributed by atoms with Crippen LogP contribution in [0.3, 0.4) is 0 Å². The molecule has 3 nitrogen and oxygen atoms in total. The average molecular weight is 453 g/mol. The Bertz CT molecular complexity index is 1340. The van der Waals surface area contributed by atoms with E-state index in [0.717, 1.165) is 0 Å². The second-order valence-corrected chi connectivity index (χ2v) is 6.92. The smallest absolute Gasteiger partial charge is 0.200 e. The van der Waals surface area contributed by atoms with Gasteiger partial charge in [0.1, 0.15) is 24.2 Å². The number of rotatable bonds is 4. The molecular weight excluding hydrogens is 443 g/mol. The molecule has 0 amide bonds. The summed E-state index contributed by atoms with van der Waals surface area (Å²) in [5, 5.41) is 0.709. The molecule has 3 aromatic carbocycles. The van der Waals surface area contributed by atoms with Gasteiger partial charge in [0.15, 0.2) is 28.7 Å². The van der Waals surface area contributed by atoms with Crippen molar-refractivity contribution in [2.75, 3.05) is 0 Å². The van der Waals surface area contributed by atoms with E-state index in [0.29, 0.717) is 16.1 Å². The highest BCUT2D eigenvalue weighted by molar-refractivity contribution is 6.30. The van der Waals surface area contributed by atoms with Gasteiger partial charge in [0.25, 0.3) is 0 Å². The van der Waals surface area contributed by atoms with Gasteiger partial charge in [-0.05, 0) is 29.8 Å². The van der Waals surface area contributed by atoms with Gasteiger partial charge in [-0.15, -0.1) is 0 Å². The molecule has 0 saturated heterocycles. The van der Waals surface area contributed by atoms with Gasteiger partial charge in [0.2, 0.25) is 5.82 Å². The fourth-order valence-corrected chi connectivity index (χ4v) is 3.09. The molecule has 0 fully saturated rings. The molecule has 31 heavy (non-hydrogen) atoms. The predicted octanol–water partition coefficient (Wildman–Crippen LogP) is 6.39. The minimum Gasteiger partial charge on any atom is -0.489 e. The Morgan fingerprint density at radius 2 is 1.45 bits per heavy atom. The van der Waals surface area contributed by atoms with E-state index < -0.39 is 41.3 Å². The standard InChI is InChI=1S/C22H10ClF5O3/c23-11-3-1-10(2-4-11)14-8-31-16-7-12(5-6-13(16)22(14)29)30-9-15-17(24)19(26)21(28)20(27)18(15)25/h1-8H,9H2. The Morgan fingerprint density at radius 1 is 0.839 bits per heavy atom. The molecule has 1 heterocycles. The summed E-state index contributed by atoms with van der Waals surface area (Å²) in [5.74, 6) is -10.3. The van der Waals surface area contributed by atoms with Crippen LogP contribution in [-0.2, 0) is 6.61 Å². The first-order valence-corrected chi connectivity index (χ1v) is 9.10. The normalized spacial score (nSPS) is 11.2. The van der Waals surface area contributed by atoms with Gasteiger partial charge < -0.3 is 9.15 Å². The molecule has 0 radical (unpaired) electrons. The van der Waals surface area contributed by atoms with E-state index in [1.54, 1.807) is 24.3 Å². The number of benzene rings is 3. The molecule has 0 unspecified atom stereocenters. The minimum atomic E-state index is -2.25. The predicted molar refractivity (Wildman–Crippen MR) is 103 cm³/mol. The fourth-order valence-electron chi connectivity index (χ4n) is 2.96. The highest BCUT2D eigenvalue weighted by Crippen LogP contribution is 2.27. The molecule has 1 aromatic heterocycles. The summed E-state index contributed by atoms with van der Waals surface area (Å²) in [6.07, 6.45) is 1.24. The van der Waals surface area contributed by atoms with Crippen molar-refractivity contribution >= 4 is 22.6 Å². The highest BCUT2D eigenvalue weighted by Gasteiger charge is 2.26. The fraction of sp³-hybridized carbons (Fsp3) is 0.0455. The molecular formula is C22H10ClF5O3. The van der Waals surface area contributed by atoms with E-state index in [2.05, 4.69) is 0 Å². The molecule has 0 spiro atoms. The van der Waals surface area contributed by atoms with Crippen LogP contribution in [0.15, 0.2) is 57.9 Å². The second kappa shape index (κ2) is 8.03. The molecule has 0 atom stereocenters. The summed E-state index contributed by atoms with van der Waals surface area (Å²) in [4.78, 5) is 12.7. The number of fused-ring (bicyclic) bond motifs is 1. The number of hydrogen-bond donors (Lipinski definition) is 0. The van der Waals surface area contributed by atoms with Crippen LogP contribution in [0.1, 0.15) is 5.56 Å². The molecule has 4 rings (SSSR count). The van der Waals surface area contributed by atoms with E-state index in [-0.39, 0.29) is 22.1 Å². The number of ether oxygens (including phenoxy) is 1. The summed E-state index contributed by atoms with van der Waals surface area (Å²) in [6.45, 7) is -0.926. The van der Waals surface area contributed by atoms with Crippen molar-refractivity contribution in [1.29, 1.82) is 0 Å². The zero-order valence-corrected chi connectivity index (χ0v) is 16.1. The third kappa shape index (κ3) is 3.74. The van der Waals surface area contributed by atoms with Gasteiger partial charge in [-0.25, -0.2) is 22.0 Å². The lowest BCUT2D eigenvalue weighted by Crippen LogP contribution is -2.10. The topological polar surface area (TPSA) is 39.4 Å². The molecule has 4 aromatic rings. The van der Waals surface area contributed by atoms with Crippen LogP contribution in [0.4, 0.5) is 22.0 Å². The highest BCUT2D eigenvalue weighted by atomic mass is 35.5. The van der Waals surface area contributed by atoms with Crippen LogP contribution in [0.2, 0.25) is 5.02 Å².